The van der Waals surface area contributed by atoms with Crippen LogP contribution in [0.4, 0.5) is 4.39 Å². The third kappa shape index (κ3) is 2.24. The molecular formula is C11H13FO4. The Balaban J connectivity index is 3.08. The average molecular weight is 228 g/mol. The van der Waals surface area contributed by atoms with Gasteiger partial charge in [-0.05, 0) is 32.9 Å². The molecule has 0 radical (unpaired) electrons. The molecule has 0 atom stereocenters. The highest BCUT2D eigenvalue weighted by Gasteiger charge is 2.30. The van der Waals surface area contributed by atoms with E-state index in [-0.39, 0.29) is 11.3 Å². The summed E-state index contributed by atoms with van der Waals surface area (Å²) in [5, 5.41) is 17.9. The lowest BCUT2D eigenvalue weighted by Crippen LogP contribution is -2.38. The second-order valence-electron chi connectivity index (χ2n) is 3.94. The quantitative estimate of drug-likeness (QED) is 0.831. The van der Waals surface area contributed by atoms with E-state index in [1.54, 1.807) is 0 Å². The first-order chi connectivity index (χ1) is 7.25. The number of hydrogen-bond acceptors (Lipinski definition) is 3. The minimum Gasteiger partial charge on any atom is -0.505 e. The van der Waals surface area contributed by atoms with Crippen molar-refractivity contribution in [3.8, 4) is 11.5 Å². The molecule has 4 nitrogen and oxygen atoms in total. The fraction of sp³-hybridized carbons (Fsp3) is 0.364. The Morgan fingerprint density at radius 2 is 2.00 bits per heavy atom. The van der Waals surface area contributed by atoms with Gasteiger partial charge in [-0.2, -0.15) is 0 Å². The first-order valence-corrected chi connectivity index (χ1v) is 4.66. The number of halogens is 1. The Kier molecular flexibility index (Phi) is 3.07. The SMILES string of the molecule is Cc1c(OC(C)(C)C(=O)O)ccc(O)c1F. The van der Waals surface area contributed by atoms with Crippen LogP contribution in [0.2, 0.25) is 0 Å². The zero-order valence-corrected chi connectivity index (χ0v) is 9.24. The summed E-state index contributed by atoms with van der Waals surface area (Å²) in [5.74, 6) is -2.35. The normalized spacial score (nSPS) is 11.2. The second kappa shape index (κ2) is 4.00. The van der Waals surface area contributed by atoms with Gasteiger partial charge in [0.15, 0.2) is 17.2 Å². The molecule has 2 N–H and O–H groups in total. The fourth-order valence-electron chi connectivity index (χ4n) is 1.08. The standard InChI is InChI=1S/C11H13FO4/c1-6-8(5-4-7(13)9(6)12)16-11(2,3)10(14)15/h4-5,13H,1-3H3,(H,14,15). The molecule has 1 aromatic carbocycles. The number of phenols is 1. The number of ether oxygens (including phenoxy) is 1. The molecule has 0 saturated carbocycles. The number of rotatable bonds is 3. The number of phenolic OH excluding ortho intramolecular Hbond substituents is 1. The molecule has 0 heterocycles. The van der Waals surface area contributed by atoms with Gasteiger partial charge < -0.3 is 14.9 Å². The average Bonchev–Trinajstić information content (AvgIpc) is 2.19. The van der Waals surface area contributed by atoms with Crippen molar-refractivity contribution in [1.29, 1.82) is 0 Å². The van der Waals surface area contributed by atoms with Gasteiger partial charge in [-0.25, -0.2) is 9.18 Å². The maximum atomic E-state index is 13.3. The van der Waals surface area contributed by atoms with Crippen LogP contribution in [0.3, 0.4) is 0 Å². The van der Waals surface area contributed by atoms with E-state index >= 15 is 0 Å². The van der Waals surface area contributed by atoms with Crippen molar-refractivity contribution < 1.29 is 24.1 Å². The van der Waals surface area contributed by atoms with Crippen LogP contribution in [0, 0.1) is 12.7 Å². The number of carboxylic acids is 1. The van der Waals surface area contributed by atoms with Crippen LogP contribution in [-0.4, -0.2) is 21.8 Å². The van der Waals surface area contributed by atoms with E-state index in [0.29, 0.717) is 0 Å². The molecule has 0 spiro atoms. The van der Waals surface area contributed by atoms with Gasteiger partial charge in [-0.1, -0.05) is 0 Å². The maximum absolute atomic E-state index is 13.3. The highest BCUT2D eigenvalue weighted by molar-refractivity contribution is 5.76. The van der Waals surface area contributed by atoms with E-state index in [1.807, 2.05) is 0 Å². The van der Waals surface area contributed by atoms with Gasteiger partial charge >= 0.3 is 5.97 Å². The smallest absolute Gasteiger partial charge is 0.347 e. The Bertz CT molecular complexity index is 426. The molecule has 0 aliphatic rings. The summed E-state index contributed by atoms with van der Waals surface area (Å²) in [6.07, 6.45) is 0. The Morgan fingerprint density at radius 3 is 2.50 bits per heavy atom. The number of hydrogen-bond donors (Lipinski definition) is 2. The molecule has 0 aliphatic carbocycles. The van der Waals surface area contributed by atoms with E-state index in [4.69, 9.17) is 14.9 Å². The molecule has 0 amide bonds. The lowest BCUT2D eigenvalue weighted by atomic mass is 10.1. The molecule has 1 aromatic rings. The Hall–Kier alpha value is -1.78. The van der Waals surface area contributed by atoms with Crippen molar-refractivity contribution in [3.05, 3.63) is 23.5 Å². The van der Waals surface area contributed by atoms with Gasteiger partial charge in [0.25, 0.3) is 0 Å². The Morgan fingerprint density at radius 1 is 1.44 bits per heavy atom. The van der Waals surface area contributed by atoms with Crippen LogP contribution < -0.4 is 4.74 Å². The second-order valence-corrected chi connectivity index (χ2v) is 3.94. The first-order valence-electron chi connectivity index (χ1n) is 4.66. The van der Waals surface area contributed by atoms with Crippen molar-refractivity contribution in [2.24, 2.45) is 0 Å². The summed E-state index contributed by atoms with van der Waals surface area (Å²) in [4.78, 5) is 10.8. The van der Waals surface area contributed by atoms with Gasteiger partial charge in [0.05, 0.1) is 0 Å². The first kappa shape index (κ1) is 12.3. The van der Waals surface area contributed by atoms with Crippen molar-refractivity contribution >= 4 is 5.97 Å². The molecule has 0 aliphatic heterocycles. The molecular weight excluding hydrogens is 215 g/mol. The number of carboxylic acid groups (broad SMARTS) is 1. The summed E-state index contributed by atoms with van der Waals surface area (Å²) in [6, 6.07) is 2.45. The fourth-order valence-corrected chi connectivity index (χ4v) is 1.08. The van der Waals surface area contributed by atoms with Gasteiger partial charge in [0.1, 0.15) is 5.75 Å². The topological polar surface area (TPSA) is 66.8 Å². The summed E-state index contributed by atoms with van der Waals surface area (Å²) in [5.41, 5.74) is -1.37. The summed E-state index contributed by atoms with van der Waals surface area (Å²) < 4.78 is 18.5. The molecule has 0 unspecified atom stereocenters. The lowest BCUT2D eigenvalue weighted by molar-refractivity contribution is -0.152. The van der Waals surface area contributed by atoms with E-state index in [9.17, 15) is 9.18 Å². The lowest BCUT2D eigenvalue weighted by Gasteiger charge is -2.22. The molecule has 0 aromatic heterocycles. The van der Waals surface area contributed by atoms with Crippen LogP contribution in [0.5, 0.6) is 11.5 Å². The highest BCUT2D eigenvalue weighted by Crippen LogP contribution is 2.29. The zero-order chi connectivity index (χ0) is 12.5. The number of aliphatic carboxylic acids is 1. The van der Waals surface area contributed by atoms with E-state index in [0.717, 1.165) is 6.07 Å². The highest BCUT2D eigenvalue weighted by atomic mass is 19.1. The minimum atomic E-state index is -1.45. The van der Waals surface area contributed by atoms with E-state index in [1.165, 1.54) is 26.8 Å². The van der Waals surface area contributed by atoms with Gasteiger partial charge in [0.2, 0.25) is 0 Å². The Labute approximate surface area is 92.3 Å². The third-order valence-corrected chi connectivity index (χ3v) is 2.20. The van der Waals surface area contributed by atoms with Crippen LogP contribution >= 0.6 is 0 Å². The van der Waals surface area contributed by atoms with Crippen LogP contribution in [-0.2, 0) is 4.79 Å². The number of benzene rings is 1. The van der Waals surface area contributed by atoms with Crippen molar-refractivity contribution in [2.75, 3.05) is 0 Å². The molecule has 5 heteroatoms. The van der Waals surface area contributed by atoms with E-state index < -0.39 is 23.1 Å². The van der Waals surface area contributed by atoms with E-state index in [2.05, 4.69) is 0 Å². The zero-order valence-electron chi connectivity index (χ0n) is 9.24. The number of carbonyl (C=O) groups is 1. The molecule has 0 saturated heterocycles. The molecule has 16 heavy (non-hydrogen) atoms. The third-order valence-electron chi connectivity index (χ3n) is 2.20. The van der Waals surface area contributed by atoms with Crippen LogP contribution in [0.1, 0.15) is 19.4 Å². The summed E-state index contributed by atoms with van der Waals surface area (Å²) >= 11 is 0. The summed E-state index contributed by atoms with van der Waals surface area (Å²) in [7, 11) is 0. The largest absolute Gasteiger partial charge is 0.505 e. The van der Waals surface area contributed by atoms with Crippen molar-refractivity contribution in [1.82, 2.24) is 0 Å². The van der Waals surface area contributed by atoms with Crippen molar-refractivity contribution in [2.45, 2.75) is 26.4 Å². The van der Waals surface area contributed by atoms with Crippen LogP contribution in [0.25, 0.3) is 0 Å². The molecule has 1 rings (SSSR count). The molecule has 0 fully saturated rings. The van der Waals surface area contributed by atoms with Gasteiger partial charge in [0, 0.05) is 5.56 Å². The van der Waals surface area contributed by atoms with Crippen LogP contribution in [0.15, 0.2) is 12.1 Å². The molecule has 0 bridgehead atoms. The van der Waals surface area contributed by atoms with Gasteiger partial charge in [-0.3, -0.25) is 0 Å². The minimum absolute atomic E-state index is 0.0781. The van der Waals surface area contributed by atoms with Gasteiger partial charge in [-0.15, -0.1) is 0 Å². The van der Waals surface area contributed by atoms with Crippen molar-refractivity contribution in [3.63, 3.8) is 0 Å². The summed E-state index contributed by atoms with van der Waals surface area (Å²) in [6.45, 7) is 4.13. The molecule has 88 valence electrons. The monoisotopic (exact) mass is 228 g/mol. The maximum Gasteiger partial charge on any atom is 0.347 e. The number of aromatic hydroxyl groups is 1. The predicted octanol–water partition coefficient (Wildman–Crippen LogP) is 2.08. The predicted molar refractivity (Wildman–Crippen MR) is 55.1 cm³/mol.